The first-order chi connectivity index (χ1) is 12.9. The van der Waals surface area contributed by atoms with Crippen molar-refractivity contribution in [2.45, 2.75) is 19.9 Å². The minimum absolute atomic E-state index is 0.0144. The molecule has 0 aliphatic carbocycles. The van der Waals surface area contributed by atoms with Crippen LogP contribution in [-0.2, 0) is 4.79 Å². The van der Waals surface area contributed by atoms with Gasteiger partial charge in [0, 0.05) is 29.1 Å². The van der Waals surface area contributed by atoms with E-state index in [-0.39, 0.29) is 11.5 Å². The van der Waals surface area contributed by atoms with E-state index in [4.69, 9.17) is 4.99 Å². The summed E-state index contributed by atoms with van der Waals surface area (Å²) in [6.45, 7) is 3.39. The van der Waals surface area contributed by atoms with E-state index < -0.39 is 11.0 Å². The van der Waals surface area contributed by atoms with E-state index in [1.807, 2.05) is 48.4 Å². The molecule has 7 heteroatoms. The van der Waals surface area contributed by atoms with Crippen molar-refractivity contribution < 1.29 is 9.72 Å². The Morgan fingerprint density at radius 1 is 1.19 bits per heavy atom. The summed E-state index contributed by atoms with van der Waals surface area (Å²) in [6.07, 6.45) is 1.92. The molecular weight excluding hydrogens is 362 g/mol. The van der Waals surface area contributed by atoms with Crippen molar-refractivity contribution >= 4 is 34.1 Å². The molecule has 0 radical (unpaired) electrons. The molecule has 0 bridgehead atoms. The lowest BCUT2D eigenvalue weighted by atomic mass is 9.93. The molecule has 6 nitrogen and oxygen atoms in total. The number of amidine groups is 1. The van der Waals surface area contributed by atoms with Crippen molar-refractivity contribution in [1.29, 1.82) is 0 Å². The Morgan fingerprint density at radius 2 is 1.89 bits per heavy atom. The lowest BCUT2D eigenvalue weighted by Crippen LogP contribution is -2.34. The van der Waals surface area contributed by atoms with Gasteiger partial charge in [0.25, 0.3) is 5.69 Å². The zero-order valence-electron chi connectivity index (χ0n) is 15.2. The summed E-state index contributed by atoms with van der Waals surface area (Å²) in [5, 5.41) is 11.9. The number of rotatable bonds is 4. The summed E-state index contributed by atoms with van der Waals surface area (Å²) in [5.41, 5.74) is 2.86. The second-order valence-corrected chi connectivity index (χ2v) is 6.87. The Labute approximate surface area is 161 Å². The molecule has 2 aromatic carbocycles. The Balaban J connectivity index is 2.17. The highest BCUT2D eigenvalue weighted by atomic mass is 32.2. The first-order valence-corrected chi connectivity index (χ1v) is 9.59. The molecule has 138 valence electrons. The number of anilines is 1. The minimum Gasteiger partial charge on any atom is -0.295 e. The van der Waals surface area contributed by atoms with E-state index >= 15 is 0 Å². The number of hydrogen-bond donors (Lipinski definition) is 0. The molecule has 27 heavy (non-hydrogen) atoms. The van der Waals surface area contributed by atoms with Crippen LogP contribution in [0.15, 0.2) is 70.9 Å². The van der Waals surface area contributed by atoms with Crippen LogP contribution in [0.5, 0.6) is 0 Å². The van der Waals surface area contributed by atoms with Crippen molar-refractivity contribution in [3.63, 3.8) is 0 Å². The number of allylic oxidation sites excluding steroid dienone is 1. The number of ketones is 1. The van der Waals surface area contributed by atoms with Crippen molar-refractivity contribution in [2.75, 3.05) is 11.2 Å². The number of aliphatic imine (C=N–C) groups is 1. The van der Waals surface area contributed by atoms with Crippen LogP contribution in [0.25, 0.3) is 0 Å². The number of nitrogens with zero attached hydrogens (tertiary/aromatic N) is 3. The SMILES string of the molecule is CSC1=N[C@H](c2cccc([N+](=O)[O-])c2)C(C(C)=O)=C(C)N1c1ccccc1. The highest BCUT2D eigenvalue weighted by Crippen LogP contribution is 2.39. The van der Waals surface area contributed by atoms with Crippen LogP contribution in [-0.4, -0.2) is 22.1 Å². The maximum atomic E-state index is 12.5. The largest absolute Gasteiger partial charge is 0.295 e. The summed E-state index contributed by atoms with van der Waals surface area (Å²) < 4.78 is 0. The van der Waals surface area contributed by atoms with Crippen LogP contribution >= 0.6 is 11.8 Å². The zero-order chi connectivity index (χ0) is 19.6. The van der Waals surface area contributed by atoms with Crippen molar-refractivity contribution in [1.82, 2.24) is 0 Å². The number of thioether (sulfide) groups is 1. The first kappa shape index (κ1) is 18.8. The number of nitro benzene ring substituents is 1. The lowest BCUT2D eigenvalue weighted by Gasteiger charge is -2.34. The van der Waals surface area contributed by atoms with Gasteiger partial charge < -0.3 is 0 Å². The Hall–Kier alpha value is -2.93. The third-order valence-corrected chi connectivity index (χ3v) is 5.06. The average Bonchev–Trinajstić information content (AvgIpc) is 2.67. The Bertz CT molecular complexity index is 954. The molecule has 0 unspecified atom stereocenters. The summed E-state index contributed by atoms with van der Waals surface area (Å²) in [5.74, 6) is -0.103. The maximum absolute atomic E-state index is 12.5. The number of carbonyl (C=O) groups is 1. The molecule has 3 rings (SSSR count). The van der Waals surface area contributed by atoms with Gasteiger partial charge in [-0.25, -0.2) is 4.99 Å². The maximum Gasteiger partial charge on any atom is 0.269 e. The van der Waals surface area contributed by atoms with Gasteiger partial charge in [0.05, 0.1) is 4.92 Å². The molecule has 1 atom stereocenters. The van der Waals surface area contributed by atoms with Gasteiger partial charge in [0.1, 0.15) is 6.04 Å². The number of Topliss-reactive ketones (excluding diaryl/α,β-unsaturated/α-hetero) is 1. The van der Waals surface area contributed by atoms with Gasteiger partial charge >= 0.3 is 0 Å². The molecule has 1 aliphatic heterocycles. The predicted octanol–water partition coefficient (Wildman–Crippen LogP) is 4.74. The Morgan fingerprint density at radius 3 is 2.48 bits per heavy atom. The normalized spacial score (nSPS) is 16.9. The summed E-state index contributed by atoms with van der Waals surface area (Å²) in [4.78, 5) is 29.9. The van der Waals surface area contributed by atoms with Crippen LogP contribution in [0, 0.1) is 10.1 Å². The van der Waals surface area contributed by atoms with E-state index in [0.717, 1.165) is 16.6 Å². The molecule has 0 spiro atoms. The first-order valence-electron chi connectivity index (χ1n) is 8.37. The smallest absolute Gasteiger partial charge is 0.269 e. The van der Waals surface area contributed by atoms with Crippen molar-refractivity contribution in [3.8, 4) is 0 Å². The molecule has 0 fully saturated rings. The molecule has 0 saturated heterocycles. The van der Waals surface area contributed by atoms with E-state index in [1.54, 1.807) is 12.1 Å². The number of carbonyl (C=O) groups excluding carboxylic acids is 1. The minimum atomic E-state index is -0.565. The fourth-order valence-corrected chi connectivity index (χ4v) is 3.85. The summed E-state index contributed by atoms with van der Waals surface area (Å²) in [7, 11) is 0. The molecule has 0 aromatic heterocycles. The molecule has 0 amide bonds. The highest BCUT2D eigenvalue weighted by molar-refractivity contribution is 8.13. The van der Waals surface area contributed by atoms with Gasteiger partial charge in [-0.05, 0) is 37.8 Å². The van der Waals surface area contributed by atoms with Crippen LogP contribution < -0.4 is 4.90 Å². The van der Waals surface area contributed by atoms with Crippen LogP contribution in [0.3, 0.4) is 0 Å². The number of nitro groups is 1. The molecule has 1 aliphatic rings. The predicted molar refractivity (Wildman–Crippen MR) is 109 cm³/mol. The zero-order valence-corrected chi connectivity index (χ0v) is 16.1. The van der Waals surface area contributed by atoms with Gasteiger partial charge in [-0.2, -0.15) is 0 Å². The van der Waals surface area contributed by atoms with E-state index in [0.29, 0.717) is 11.1 Å². The van der Waals surface area contributed by atoms with Gasteiger partial charge in [0.2, 0.25) is 0 Å². The third-order valence-electron chi connectivity index (χ3n) is 4.40. The summed E-state index contributed by atoms with van der Waals surface area (Å²) >= 11 is 1.47. The molecular formula is C20H19N3O3S. The van der Waals surface area contributed by atoms with Crippen molar-refractivity contribution in [2.24, 2.45) is 4.99 Å². The second kappa shape index (κ2) is 7.75. The van der Waals surface area contributed by atoms with Gasteiger partial charge in [-0.1, -0.05) is 42.1 Å². The van der Waals surface area contributed by atoms with Gasteiger partial charge in [0.15, 0.2) is 11.0 Å². The quantitative estimate of drug-likeness (QED) is 0.565. The fourth-order valence-electron chi connectivity index (χ4n) is 3.22. The topological polar surface area (TPSA) is 75.8 Å². The Kier molecular flexibility index (Phi) is 5.41. The van der Waals surface area contributed by atoms with Crippen LogP contribution in [0.1, 0.15) is 25.5 Å². The average molecular weight is 381 g/mol. The molecule has 1 heterocycles. The number of hydrogen-bond acceptors (Lipinski definition) is 6. The highest BCUT2D eigenvalue weighted by Gasteiger charge is 2.32. The molecule has 0 N–H and O–H groups in total. The standard InChI is InChI=1S/C20H19N3O3S/c1-13-18(14(2)24)19(15-8-7-11-17(12-15)23(25)26)21-20(27-3)22(13)16-9-5-4-6-10-16/h4-12,19H,1-3H3/t19-/m1/s1. The third kappa shape index (κ3) is 3.64. The van der Waals surface area contributed by atoms with E-state index in [1.165, 1.54) is 30.8 Å². The van der Waals surface area contributed by atoms with Crippen LogP contribution in [0.2, 0.25) is 0 Å². The van der Waals surface area contributed by atoms with E-state index in [9.17, 15) is 14.9 Å². The summed E-state index contributed by atoms with van der Waals surface area (Å²) in [6, 6.07) is 15.5. The van der Waals surface area contributed by atoms with Gasteiger partial charge in [-0.3, -0.25) is 19.8 Å². The molecule has 0 saturated carbocycles. The number of para-hydroxylation sites is 1. The lowest BCUT2D eigenvalue weighted by molar-refractivity contribution is -0.384. The second-order valence-electron chi connectivity index (χ2n) is 6.10. The van der Waals surface area contributed by atoms with Gasteiger partial charge in [-0.15, -0.1) is 0 Å². The van der Waals surface area contributed by atoms with Crippen LogP contribution in [0.4, 0.5) is 11.4 Å². The number of benzene rings is 2. The van der Waals surface area contributed by atoms with E-state index in [2.05, 4.69) is 0 Å². The molecule has 2 aromatic rings. The fraction of sp³-hybridized carbons (Fsp3) is 0.200. The number of non-ortho nitro benzene ring substituents is 1. The van der Waals surface area contributed by atoms with Crippen molar-refractivity contribution in [3.05, 3.63) is 81.5 Å². The monoisotopic (exact) mass is 381 g/mol.